The van der Waals surface area contributed by atoms with Gasteiger partial charge in [-0.15, -0.1) is 0 Å². The molecule has 148 valence electrons. The van der Waals surface area contributed by atoms with Crippen molar-refractivity contribution >= 4 is 20.1 Å². The Morgan fingerprint density at radius 1 is 0.690 bits per heavy atom. The van der Waals surface area contributed by atoms with Gasteiger partial charge in [-0.25, -0.2) is 4.57 Å². The van der Waals surface area contributed by atoms with Crippen molar-refractivity contribution in [3.63, 3.8) is 0 Å². The van der Waals surface area contributed by atoms with E-state index in [2.05, 4.69) is 10.2 Å². The first-order valence-electron chi connectivity index (χ1n) is 9.09. The van der Waals surface area contributed by atoms with E-state index < -0.39 is 7.67 Å². The quantitative estimate of drug-likeness (QED) is 0.297. The van der Waals surface area contributed by atoms with Crippen LogP contribution in [0.3, 0.4) is 0 Å². The van der Waals surface area contributed by atoms with Gasteiger partial charge in [0.25, 0.3) is 0 Å². The smallest absolute Gasteiger partial charge is 0.412 e. The maximum absolute atomic E-state index is 13.8. The van der Waals surface area contributed by atoms with Crippen LogP contribution in [0.2, 0.25) is 0 Å². The highest BCUT2D eigenvalue weighted by atomic mass is 31.2. The second-order valence-corrected chi connectivity index (χ2v) is 8.51. The molecule has 0 saturated carbocycles. The highest BCUT2D eigenvalue weighted by Crippen LogP contribution is 2.52. The van der Waals surface area contributed by atoms with Crippen molar-refractivity contribution in [2.24, 2.45) is 10.2 Å². The third-order valence-corrected chi connectivity index (χ3v) is 6.16. The van der Waals surface area contributed by atoms with Gasteiger partial charge in [-0.1, -0.05) is 78.9 Å². The van der Waals surface area contributed by atoms with Crippen molar-refractivity contribution in [1.29, 1.82) is 0 Å². The highest BCUT2D eigenvalue weighted by molar-refractivity contribution is 7.54. The van der Waals surface area contributed by atoms with Gasteiger partial charge >= 0.3 is 7.67 Å². The molecular formula is C22H23N4O2P. The molecule has 0 unspecified atom stereocenters. The van der Waals surface area contributed by atoms with Crippen LogP contribution >= 0.6 is 7.67 Å². The first kappa shape index (κ1) is 20.4. The summed E-state index contributed by atoms with van der Waals surface area (Å²) >= 11 is 0. The van der Waals surface area contributed by atoms with E-state index in [4.69, 9.17) is 4.52 Å². The standard InChI is InChI=1S/C22H23N4O2P/c1-25(23-18-20-12-6-3-7-13-20)29(27,28-22-16-10-5-11-17-22)26(2)24-19-21-14-8-4-9-15-21/h3-19H,1-2H3. The van der Waals surface area contributed by atoms with Crippen LogP contribution in [-0.2, 0) is 4.57 Å². The lowest BCUT2D eigenvalue weighted by Gasteiger charge is -2.30. The van der Waals surface area contributed by atoms with Crippen LogP contribution in [-0.4, -0.2) is 36.1 Å². The number of hydrogen-bond acceptors (Lipinski definition) is 4. The predicted octanol–water partition coefficient (Wildman–Crippen LogP) is 5.11. The molecule has 0 N–H and O–H groups in total. The Morgan fingerprint density at radius 2 is 1.07 bits per heavy atom. The predicted molar refractivity (Wildman–Crippen MR) is 118 cm³/mol. The van der Waals surface area contributed by atoms with Crippen LogP contribution in [0.15, 0.2) is 101 Å². The minimum atomic E-state index is -3.63. The maximum atomic E-state index is 13.8. The molecular weight excluding hydrogens is 383 g/mol. The van der Waals surface area contributed by atoms with Crippen LogP contribution in [0.5, 0.6) is 5.75 Å². The van der Waals surface area contributed by atoms with Gasteiger partial charge in [0.15, 0.2) is 0 Å². The van der Waals surface area contributed by atoms with Crippen molar-refractivity contribution in [3.8, 4) is 5.75 Å². The van der Waals surface area contributed by atoms with Crippen molar-refractivity contribution in [3.05, 3.63) is 102 Å². The molecule has 0 aromatic heterocycles. The molecule has 0 aliphatic carbocycles. The normalized spacial score (nSPS) is 13.3. The molecule has 0 atom stereocenters. The molecule has 3 aromatic rings. The number of nitrogens with zero attached hydrogens (tertiary/aromatic N) is 4. The van der Waals surface area contributed by atoms with Gasteiger partial charge in [-0.2, -0.15) is 19.8 Å². The summed E-state index contributed by atoms with van der Waals surface area (Å²) in [4.78, 5) is 0. The molecule has 3 rings (SSSR count). The molecule has 6 nitrogen and oxygen atoms in total. The fourth-order valence-electron chi connectivity index (χ4n) is 2.43. The van der Waals surface area contributed by atoms with E-state index in [1.165, 1.54) is 9.56 Å². The van der Waals surface area contributed by atoms with Crippen molar-refractivity contribution in [1.82, 2.24) is 9.56 Å². The van der Waals surface area contributed by atoms with Gasteiger partial charge in [0.2, 0.25) is 0 Å². The minimum absolute atomic E-state index is 0.472. The fourth-order valence-corrected chi connectivity index (χ4v) is 3.80. The van der Waals surface area contributed by atoms with E-state index in [9.17, 15) is 4.57 Å². The highest BCUT2D eigenvalue weighted by Gasteiger charge is 2.36. The Bertz CT molecular complexity index is 936. The Labute approximate surface area is 171 Å². The first-order valence-corrected chi connectivity index (χ1v) is 10.6. The summed E-state index contributed by atoms with van der Waals surface area (Å²) in [5, 5.41) is 8.69. The Hall–Kier alpha value is -3.37. The zero-order valence-corrected chi connectivity index (χ0v) is 17.3. The summed E-state index contributed by atoms with van der Waals surface area (Å²) in [6, 6.07) is 28.2. The van der Waals surface area contributed by atoms with Crippen molar-refractivity contribution < 1.29 is 9.09 Å². The van der Waals surface area contributed by atoms with Crippen LogP contribution in [0.25, 0.3) is 0 Å². The first-order chi connectivity index (χ1) is 14.1. The van der Waals surface area contributed by atoms with E-state index in [1.807, 2.05) is 78.9 Å². The summed E-state index contributed by atoms with van der Waals surface area (Å²) < 4.78 is 22.3. The summed E-state index contributed by atoms with van der Waals surface area (Å²) in [6.45, 7) is 0. The van der Waals surface area contributed by atoms with Gasteiger partial charge in [0.05, 0.1) is 12.4 Å². The SMILES string of the molecule is CN(N=Cc1ccccc1)P(=O)(Oc1ccccc1)N(C)N=Cc1ccccc1. The lowest BCUT2D eigenvalue weighted by Crippen LogP contribution is -2.24. The number of hydrogen-bond donors (Lipinski definition) is 0. The van der Waals surface area contributed by atoms with Crippen LogP contribution in [0.4, 0.5) is 0 Å². The summed E-state index contributed by atoms with van der Waals surface area (Å²) in [6.07, 6.45) is 3.27. The number of hydrazone groups is 2. The van der Waals surface area contributed by atoms with E-state index in [-0.39, 0.29) is 0 Å². The van der Waals surface area contributed by atoms with E-state index in [0.717, 1.165) is 11.1 Å². The monoisotopic (exact) mass is 406 g/mol. The fraction of sp³-hybridized carbons (Fsp3) is 0.0909. The molecule has 0 amide bonds. The van der Waals surface area contributed by atoms with Gasteiger partial charge in [0.1, 0.15) is 5.75 Å². The van der Waals surface area contributed by atoms with Crippen LogP contribution < -0.4 is 4.52 Å². The molecule has 0 fully saturated rings. The molecule has 0 spiro atoms. The number of rotatable bonds is 8. The average Bonchev–Trinajstić information content (AvgIpc) is 2.77. The van der Waals surface area contributed by atoms with E-state index >= 15 is 0 Å². The van der Waals surface area contributed by atoms with Crippen molar-refractivity contribution in [2.75, 3.05) is 14.1 Å². The molecule has 0 bridgehead atoms. The van der Waals surface area contributed by atoms with Gasteiger partial charge in [-0.05, 0) is 23.3 Å². The lowest BCUT2D eigenvalue weighted by molar-refractivity contribution is 0.325. The van der Waals surface area contributed by atoms with Crippen LogP contribution in [0, 0.1) is 0 Å². The van der Waals surface area contributed by atoms with Crippen molar-refractivity contribution in [2.45, 2.75) is 0 Å². The Balaban J connectivity index is 1.87. The molecule has 7 heteroatoms. The summed E-state index contributed by atoms with van der Waals surface area (Å²) in [7, 11) is -0.409. The Morgan fingerprint density at radius 3 is 1.48 bits per heavy atom. The molecule has 0 radical (unpaired) electrons. The molecule has 0 heterocycles. The number of benzene rings is 3. The average molecular weight is 406 g/mol. The van der Waals surface area contributed by atoms with E-state index in [1.54, 1.807) is 38.7 Å². The summed E-state index contributed by atoms with van der Waals surface area (Å²) in [5.74, 6) is 0.472. The molecule has 0 aliphatic heterocycles. The van der Waals surface area contributed by atoms with Gasteiger partial charge < -0.3 is 4.52 Å². The van der Waals surface area contributed by atoms with Crippen LogP contribution in [0.1, 0.15) is 11.1 Å². The largest absolute Gasteiger partial charge is 0.479 e. The molecule has 3 aromatic carbocycles. The Kier molecular flexibility index (Phi) is 6.82. The maximum Gasteiger partial charge on any atom is 0.479 e. The van der Waals surface area contributed by atoms with Gasteiger partial charge in [0, 0.05) is 14.1 Å². The molecule has 0 aliphatic rings. The lowest BCUT2D eigenvalue weighted by atomic mass is 10.2. The zero-order valence-electron chi connectivity index (χ0n) is 16.4. The second kappa shape index (κ2) is 9.71. The minimum Gasteiger partial charge on any atom is -0.412 e. The summed E-state index contributed by atoms with van der Waals surface area (Å²) in [5.41, 5.74) is 1.78. The third-order valence-electron chi connectivity index (χ3n) is 4.05. The third kappa shape index (κ3) is 5.56. The van der Waals surface area contributed by atoms with E-state index in [0.29, 0.717) is 5.75 Å². The zero-order chi connectivity index (χ0) is 20.5. The molecule has 0 saturated heterocycles. The van der Waals surface area contributed by atoms with Gasteiger partial charge in [-0.3, -0.25) is 0 Å². The topological polar surface area (TPSA) is 57.5 Å². The number of para-hydroxylation sites is 1. The second-order valence-electron chi connectivity index (χ2n) is 6.18. The molecule has 29 heavy (non-hydrogen) atoms.